The summed E-state index contributed by atoms with van der Waals surface area (Å²) in [6.07, 6.45) is 2.27. The van der Waals surface area contributed by atoms with Gasteiger partial charge < -0.3 is 10.6 Å². The second-order valence-electron chi connectivity index (χ2n) is 6.30. The minimum atomic E-state index is -3.42. The van der Waals surface area contributed by atoms with E-state index in [1.54, 1.807) is 23.1 Å². The van der Waals surface area contributed by atoms with E-state index in [0.717, 1.165) is 12.8 Å². The summed E-state index contributed by atoms with van der Waals surface area (Å²) in [4.78, 5) is 14.7. The first-order valence-electron chi connectivity index (χ1n) is 8.23. The summed E-state index contributed by atoms with van der Waals surface area (Å²) < 4.78 is 24.8. The van der Waals surface area contributed by atoms with Crippen LogP contribution in [0.25, 0.3) is 0 Å². The molecule has 0 radical (unpaired) electrons. The van der Waals surface area contributed by atoms with Gasteiger partial charge in [0.05, 0.1) is 16.2 Å². The molecule has 1 aromatic carbocycles. The van der Waals surface area contributed by atoms with E-state index in [9.17, 15) is 13.2 Å². The van der Waals surface area contributed by atoms with E-state index < -0.39 is 9.84 Å². The highest BCUT2D eigenvalue weighted by Crippen LogP contribution is 2.24. The van der Waals surface area contributed by atoms with Crippen molar-refractivity contribution in [1.82, 2.24) is 4.90 Å². The standard InChI is InChI=1S/C17H26N2O3S/c1-3-12-23(21,22)16-7-5-4-6-15(16)17(20)19-10-8-14(9-11-19)13(2)18/h4-7,13-14H,3,8-12,18H2,1-2H3. The van der Waals surface area contributed by atoms with E-state index in [1.165, 1.54) is 6.07 Å². The van der Waals surface area contributed by atoms with Gasteiger partial charge in [-0.15, -0.1) is 0 Å². The number of carbonyl (C=O) groups excluding carboxylic acids is 1. The first-order valence-corrected chi connectivity index (χ1v) is 9.88. The number of likely N-dealkylation sites (tertiary alicyclic amines) is 1. The number of nitrogens with zero attached hydrogens (tertiary/aromatic N) is 1. The van der Waals surface area contributed by atoms with Crippen LogP contribution in [-0.2, 0) is 9.84 Å². The monoisotopic (exact) mass is 338 g/mol. The topological polar surface area (TPSA) is 80.5 Å². The Kier molecular flexibility index (Phi) is 5.81. The number of amides is 1. The van der Waals surface area contributed by atoms with E-state index in [2.05, 4.69) is 0 Å². The van der Waals surface area contributed by atoms with Crippen LogP contribution < -0.4 is 5.73 Å². The average molecular weight is 338 g/mol. The van der Waals surface area contributed by atoms with Crippen molar-refractivity contribution in [1.29, 1.82) is 0 Å². The van der Waals surface area contributed by atoms with Crippen LogP contribution in [0.15, 0.2) is 29.2 Å². The smallest absolute Gasteiger partial charge is 0.255 e. The van der Waals surface area contributed by atoms with Gasteiger partial charge in [0.15, 0.2) is 9.84 Å². The normalized spacial score (nSPS) is 18.0. The molecule has 1 amide bonds. The SMILES string of the molecule is CCCS(=O)(=O)c1ccccc1C(=O)N1CCC(C(C)N)CC1. The molecule has 0 saturated carbocycles. The Morgan fingerprint density at radius 2 is 1.91 bits per heavy atom. The van der Waals surface area contributed by atoms with Crippen molar-refractivity contribution >= 4 is 15.7 Å². The lowest BCUT2D eigenvalue weighted by molar-refractivity contribution is 0.0677. The van der Waals surface area contributed by atoms with Crippen LogP contribution in [0.4, 0.5) is 0 Å². The van der Waals surface area contributed by atoms with Gasteiger partial charge in [-0.05, 0) is 44.2 Å². The van der Waals surface area contributed by atoms with Gasteiger partial charge in [-0.25, -0.2) is 8.42 Å². The molecule has 1 unspecified atom stereocenters. The van der Waals surface area contributed by atoms with Crippen LogP contribution in [0.5, 0.6) is 0 Å². The van der Waals surface area contributed by atoms with E-state index in [4.69, 9.17) is 5.73 Å². The van der Waals surface area contributed by atoms with Crippen LogP contribution in [-0.4, -0.2) is 44.1 Å². The molecule has 1 aliphatic heterocycles. The molecule has 23 heavy (non-hydrogen) atoms. The van der Waals surface area contributed by atoms with Crippen molar-refractivity contribution < 1.29 is 13.2 Å². The zero-order valence-electron chi connectivity index (χ0n) is 13.9. The fourth-order valence-corrected chi connectivity index (χ4v) is 4.63. The molecule has 0 aromatic heterocycles. The number of piperidine rings is 1. The maximum atomic E-state index is 12.8. The van der Waals surface area contributed by atoms with Gasteiger partial charge in [0.1, 0.15) is 0 Å². The molecule has 1 heterocycles. The van der Waals surface area contributed by atoms with Crippen LogP contribution in [0.3, 0.4) is 0 Å². The fourth-order valence-electron chi connectivity index (χ4n) is 3.09. The summed E-state index contributed by atoms with van der Waals surface area (Å²) in [5.74, 6) is 0.297. The van der Waals surface area contributed by atoms with Crippen molar-refractivity contribution in [3.63, 3.8) is 0 Å². The molecule has 0 spiro atoms. The van der Waals surface area contributed by atoms with Crippen molar-refractivity contribution in [2.45, 2.75) is 44.0 Å². The molecule has 5 nitrogen and oxygen atoms in total. The Bertz CT molecular complexity index is 648. The highest BCUT2D eigenvalue weighted by atomic mass is 32.2. The second kappa shape index (κ2) is 7.45. The van der Waals surface area contributed by atoms with E-state index in [1.807, 2.05) is 13.8 Å². The number of carbonyl (C=O) groups is 1. The first-order chi connectivity index (χ1) is 10.9. The van der Waals surface area contributed by atoms with E-state index in [-0.39, 0.29) is 22.6 Å². The number of sulfone groups is 1. The number of hydrogen-bond donors (Lipinski definition) is 1. The third-order valence-electron chi connectivity index (χ3n) is 4.50. The van der Waals surface area contributed by atoms with E-state index in [0.29, 0.717) is 31.0 Å². The molecule has 2 N–H and O–H groups in total. The van der Waals surface area contributed by atoms with Crippen LogP contribution in [0.2, 0.25) is 0 Å². The summed E-state index contributed by atoms with van der Waals surface area (Å²) in [5, 5.41) is 0. The van der Waals surface area contributed by atoms with Gasteiger partial charge in [-0.2, -0.15) is 0 Å². The van der Waals surface area contributed by atoms with Crippen molar-refractivity contribution in [2.75, 3.05) is 18.8 Å². The Morgan fingerprint density at radius 1 is 1.30 bits per heavy atom. The molecule has 0 bridgehead atoms. The Balaban J connectivity index is 2.21. The summed E-state index contributed by atoms with van der Waals surface area (Å²) in [7, 11) is -3.42. The maximum Gasteiger partial charge on any atom is 0.255 e. The minimum absolute atomic E-state index is 0.0596. The van der Waals surface area contributed by atoms with Gasteiger partial charge in [0.25, 0.3) is 5.91 Å². The van der Waals surface area contributed by atoms with Crippen molar-refractivity contribution in [2.24, 2.45) is 11.7 Å². The molecule has 1 aromatic rings. The molecular weight excluding hydrogens is 312 g/mol. The van der Waals surface area contributed by atoms with Crippen LogP contribution in [0.1, 0.15) is 43.5 Å². The molecule has 2 rings (SSSR count). The van der Waals surface area contributed by atoms with Gasteiger partial charge in [-0.1, -0.05) is 19.1 Å². The second-order valence-corrected chi connectivity index (χ2v) is 8.38. The lowest BCUT2D eigenvalue weighted by atomic mass is 9.90. The summed E-state index contributed by atoms with van der Waals surface area (Å²) in [6.45, 7) is 5.08. The number of rotatable bonds is 5. The largest absolute Gasteiger partial charge is 0.339 e. The third-order valence-corrected chi connectivity index (χ3v) is 6.47. The van der Waals surface area contributed by atoms with Gasteiger partial charge >= 0.3 is 0 Å². The van der Waals surface area contributed by atoms with Gasteiger partial charge in [0.2, 0.25) is 0 Å². The highest BCUT2D eigenvalue weighted by Gasteiger charge is 2.28. The molecule has 1 fully saturated rings. The lowest BCUT2D eigenvalue weighted by Crippen LogP contribution is -2.42. The molecule has 6 heteroatoms. The molecule has 0 aliphatic carbocycles. The zero-order valence-corrected chi connectivity index (χ0v) is 14.7. The first kappa shape index (κ1) is 17.9. The predicted octanol–water partition coefficient (Wildman–Crippen LogP) is 2.07. The summed E-state index contributed by atoms with van der Waals surface area (Å²) in [5.41, 5.74) is 6.22. The predicted molar refractivity (Wildman–Crippen MR) is 91.1 cm³/mol. The third kappa shape index (κ3) is 4.12. The number of benzene rings is 1. The molecule has 1 aliphatic rings. The molecule has 1 saturated heterocycles. The Labute approximate surface area is 138 Å². The molecule has 1 atom stereocenters. The summed E-state index contributed by atoms with van der Waals surface area (Å²) >= 11 is 0. The minimum Gasteiger partial charge on any atom is -0.339 e. The fraction of sp³-hybridized carbons (Fsp3) is 0.588. The summed E-state index contributed by atoms with van der Waals surface area (Å²) in [6, 6.07) is 6.66. The highest BCUT2D eigenvalue weighted by molar-refractivity contribution is 7.91. The van der Waals surface area contributed by atoms with Crippen molar-refractivity contribution in [3.8, 4) is 0 Å². The van der Waals surface area contributed by atoms with Crippen molar-refractivity contribution in [3.05, 3.63) is 29.8 Å². The Morgan fingerprint density at radius 3 is 2.48 bits per heavy atom. The van der Waals surface area contributed by atoms with E-state index >= 15 is 0 Å². The Hall–Kier alpha value is -1.40. The van der Waals surface area contributed by atoms with Crippen LogP contribution >= 0.6 is 0 Å². The zero-order chi connectivity index (χ0) is 17.0. The molecule has 128 valence electrons. The van der Waals surface area contributed by atoms with Gasteiger partial charge in [-0.3, -0.25) is 4.79 Å². The lowest BCUT2D eigenvalue weighted by Gasteiger charge is -2.34. The maximum absolute atomic E-state index is 12.8. The van der Waals surface area contributed by atoms with Crippen LogP contribution in [0, 0.1) is 5.92 Å². The number of nitrogens with two attached hydrogens (primary N) is 1. The molecular formula is C17H26N2O3S. The van der Waals surface area contributed by atoms with Gasteiger partial charge in [0, 0.05) is 19.1 Å². The number of hydrogen-bond acceptors (Lipinski definition) is 4. The average Bonchev–Trinajstić information content (AvgIpc) is 2.54. The quantitative estimate of drug-likeness (QED) is 0.891.